The van der Waals surface area contributed by atoms with Gasteiger partial charge in [0.25, 0.3) is 0 Å². The molecule has 0 spiro atoms. The van der Waals surface area contributed by atoms with Crippen LogP contribution < -0.4 is 0 Å². The van der Waals surface area contributed by atoms with Gasteiger partial charge in [-0.2, -0.15) is 0 Å². The third-order valence-electron chi connectivity index (χ3n) is 4.47. The van der Waals surface area contributed by atoms with Crippen molar-refractivity contribution in [2.24, 2.45) is 5.92 Å². The molecule has 3 atom stereocenters. The number of hydrogen-bond acceptors (Lipinski definition) is 4. The van der Waals surface area contributed by atoms with Gasteiger partial charge in [0.1, 0.15) is 10.8 Å². The molecule has 0 aliphatic carbocycles. The predicted molar refractivity (Wildman–Crippen MR) is 82.3 cm³/mol. The van der Waals surface area contributed by atoms with Crippen molar-refractivity contribution >= 4 is 17.1 Å². The van der Waals surface area contributed by atoms with Gasteiger partial charge in [-0.15, -0.1) is 11.3 Å². The van der Waals surface area contributed by atoms with Gasteiger partial charge in [-0.3, -0.25) is 4.79 Å². The molecule has 2 fully saturated rings. The first-order valence-electron chi connectivity index (χ1n) is 7.47. The summed E-state index contributed by atoms with van der Waals surface area (Å²) in [5, 5.41) is 2.96. The van der Waals surface area contributed by atoms with Crippen molar-refractivity contribution in [2.45, 2.75) is 37.9 Å². The van der Waals surface area contributed by atoms with Gasteiger partial charge in [-0.25, -0.2) is 4.98 Å². The second kappa shape index (κ2) is 5.35. The molecule has 0 amide bonds. The van der Waals surface area contributed by atoms with E-state index < -0.39 is 0 Å². The van der Waals surface area contributed by atoms with E-state index in [-0.39, 0.29) is 12.0 Å². The number of rotatable bonds is 4. The molecule has 2 bridgehead atoms. The summed E-state index contributed by atoms with van der Waals surface area (Å²) in [5.74, 6) is 0.406. The number of aromatic nitrogens is 1. The van der Waals surface area contributed by atoms with E-state index in [2.05, 4.69) is 4.98 Å². The summed E-state index contributed by atoms with van der Waals surface area (Å²) in [5.41, 5.74) is 2.07. The molecule has 0 N–H and O–H groups in total. The van der Waals surface area contributed by atoms with Gasteiger partial charge in [-0.05, 0) is 19.3 Å². The first-order valence-corrected chi connectivity index (χ1v) is 8.35. The maximum atomic E-state index is 12.4. The van der Waals surface area contributed by atoms with E-state index in [1.165, 1.54) is 0 Å². The predicted octanol–water partition coefficient (Wildman–Crippen LogP) is 3.49. The van der Waals surface area contributed by atoms with Crippen LogP contribution in [0, 0.1) is 5.92 Å². The maximum Gasteiger partial charge on any atom is 0.145 e. The van der Waals surface area contributed by atoms with Gasteiger partial charge in [-0.1, -0.05) is 30.3 Å². The molecule has 2 aliphatic heterocycles. The summed E-state index contributed by atoms with van der Waals surface area (Å²) < 4.78 is 5.78. The molecule has 2 aliphatic rings. The average molecular weight is 299 g/mol. The lowest BCUT2D eigenvalue weighted by Crippen LogP contribution is -2.26. The maximum absolute atomic E-state index is 12.4. The summed E-state index contributed by atoms with van der Waals surface area (Å²) in [6.07, 6.45) is 4.06. The fourth-order valence-corrected chi connectivity index (χ4v) is 4.20. The highest BCUT2D eigenvalue weighted by atomic mass is 32.1. The number of hydrogen-bond donors (Lipinski definition) is 0. The number of nitrogens with zero attached hydrogens (tertiary/aromatic N) is 1. The lowest BCUT2D eigenvalue weighted by atomic mass is 9.85. The lowest BCUT2D eigenvalue weighted by Gasteiger charge is -2.16. The molecule has 1 aromatic heterocycles. The summed E-state index contributed by atoms with van der Waals surface area (Å²) in [6, 6.07) is 10.1. The van der Waals surface area contributed by atoms with Gasteiger partial charge in [0.15, 0.2) is 0 Å². The van der Waals surface area contributed by atoms with Crippen LogP contribution in [0.1, 0.15) is 24.3 Å². The fourth-order valence-electron chi connectivity index (χ4n) is 3.39. The van der Waals surface area contributed by atoms with E-state index >= 15 is 0 Å². The highest BCUT2D eigenvalue weighted by Crippen LogP contribution is 2.39. The Bertz CT molecular complexity index is 652. The molecule has 0 radical (unpaired) electrons. The number of ether oxygens (including phenoxy) is 1. The van der Waals surface area contributed by atoms with Crippen molar-refractivity contribution in [1.29, 1.82) is 0 Å². The van der Waals surface area contributed by atoms with Crippen LogP contribution in [-0.2, 0) is 16.0 Å². The summed E-state index contributed by atoms with van der Waals surface area (Å²) in [6.45, 7) is 0. The number of Topliss-reactive ketones (excluding diaryl/α,β-unsaturated/α-hetero) is 1. The van der Waals surface area contributed by atoms with E-state index in [4.69, 9.17) is 4.74 Å². The van der Waals surface area contributed by atoms with Crippen LogP contribution in [0.4, 0.5) is 0 Å². The fraction of sp³-hybridized carbons (Fsp3) is 0.412. The molecule has 2 aromatic rings. The Morgan fingerprint density at radius 3 is 2.86 bits per heavy atom. The van der Waals surface area contributed by atoms with E-state index in [1.54, 1.807) is 11.3 Å². The third kappa shape index (κ3) is 2.54. The molecule has 3 unspecified atom stereocenters. The Balaban J connectivity index is 1.46. The van der Waals surface area contributed by atoms with Gasteiger partial charge in [0, 0.05) is 16.9 Å². The molecule has 108 valence electrons. The SMILES string of the molecule is O=C(Cc1nc(-c2ccccc2)cs1)C1CC2CCC1O2. The molecule has 1 aromatic carbocycles. The minimum Gasteiger partial charge on any atom is -0.374 e. The van der Waals surface area contributed by atoms with Crippen LogP contribution in [0.5, 0.6) is 0 Å². The van der Waals surface area contributed by atoms with Crippen molar-refractivity contribution in [3.63, 3.8) is 0 Å². The van der Waals surface area contributed by atoms with Crippen molar-refractivity contribution in [3.05, 3.63) is 40.7 Å². The number of benzene rings is 1. The van der Waals surface area contributed by atoms with E-state index in [0.29, 0.717) is 18.3 Å². The number of thiazole rings is 1. The third-order valence-corrected chi connectivity index (χ3v) is 5.32. The zero-order valence-corrected chi connectivity index (χ0v) is 12.5. The minimum absolute atomic E-state index is 0.104. The van der Waals surface area contributed by atoms with Gasteiger partial charge in [0.05, 0.1) is 24.3 Å². The Morgan fingerprint density at radius 2 is 2.14 bits per heavy atom. The first-order chi connectivity index (χ1) is 10.3. The largest absolute Gasteiger partial charge is 0.374 e. The molecule has 3 nitrogen and oxygen atoms in total. The quantitative estimate of drug-likeness (QED) is 0.867. The number of carbonyl (C=O) groups excluding carboxylic acids is 1. The van der Waals surface area contributed by atoms with Crippen LogP contribution in [-0.4, -0.2) is 23.0 Å². The topological polar surface area (TPSA) is 39.2 Å². The molecular weight excluding hydrogens is 282 g/mol. The van der Waals surface area contributed by atoms with Crippen LogP contribution >= 0.6 is 11.3 Å². The molecule has 4 heteroatoms. The van der Waals surface area contributed by atoms with E-state index in [1.807, 2.05) is 35.7 Å². The molecule has 4 rings (SSSR count). The van der Waals surface area contributed by atoms with Gasteiger partial charge >= 0.3 is 0 Å². The van der Waals surface area contributed by atoms with Crippen LogP contribution in [0.15, 0.2) is 35.7 Å². The standard InChI is InChI=1S/C17H17NO2S/c19-15(13-8-12-6-7-16(13)20-12)9-17-18-14(10-21-17)11-4-2-1-3-5-11/h1-5,10,12-13,16H,6-9H2. The summed E-state index contributed by atoms with van der Waals surface area (Å²) in [7, 11) is 0. The molecular formula is C17H17NO2S. The highest BCUT2D eigenvalue weighted by molar-refractivity contribution is 7.10. The second-order valence-electron chi connectivity index (χ2n) is 5.85. The van der Waals surface area contributed by atoms with Crippen molar-refractivity contribution in [1.82, 2.24) is 4.98 Å². The molecule has 0 saturated carbocycles. The Morgan fingerprint density at radius 1 is 1.29 bits per heavy atom. The number of carbonyl (C=O) groups is 1. The normalized spacial score (nSPS) is 27.1. The molecule has 21 heavy (non-hydrogen) atoms. The van der Waals surface area contributed by atoms with E-state index in [0.717, 1.165) is 35.5 Å². The zero-order valence-electron chi connectivity index (χ0n) is 11.7. The summed E-state index contributed by atoms with van der Waals surface area (Å²) >= 11 is 1.58. The van der Waals surface area contributed by atoms with Crippen LogP contribution in [0.3, 0.4) is 0 Å². The Kier molecular flexibility index (Phi) is 3.36. The summed E-state index contributed by atoms with van der Waals surface area (Å²) in [4.78, 5) is 17.0. The number of fused-ring (bicyclic) bond motifs is 2. The van der Waals surface area contributed by atoms with Crippen molar-refractivity contribution < 1.29 is 9.53 Å². The average Bonchev–Trinajstić information content (AvgIpc) is 3.24. The van der Waals surface area contributed by atoms with Gasteiger partial charge in [0.2, 0.25) is 0 Å². The zero-order chi connectivity index (χ0) is 14.2. The number of ketones is 1. The van der Waals surface area contributed by atoms with Crippen molar-refractivity contribution in [3.8, 4) is 11.3 Å². The minimum atomic E-state index is 0.104. The Labute approximate surface area is 128 Å². The van der Waals surface area contributed by atoms with Crippen LogP contribution in [0.25, 0.3) is 11.3 Å². The highest BCUT2D eigenvalue weighted by Gasteiger charge is 2.44. The van der Waals surface area contributed by atoms with Crippen molar-refractivity contribution in [2.75, 3.05) is 0 Å². The first kappa shape index (κ1) is 13.2. The monoisotopic (exact) mass is 299 g/mol. The lowest BCUT2D eigenvalue weighted by molar-refractivity contribution is -0.123. The molecule has 3 heterocycles. The van der Waals surface area contributed by atoms with Crippen LogP contribution in [0.2, 0.25) is 0 Å². The van der Waals surface area contributed by atoms with Gasteiger partial charge < -0.3 is 4.74 Å². The Hall–Kier alpha value is -1.52. The van der Waals surface area contributed by atoms with E-state index in [9.17, 15) is 4.79 Å². The second-order valence-corrected chi connectivity index (χ2v) is 6.79. The smallest absolute Gasteiger partial charge is 0.145 e. The molecule has 2 saturated heterocycles.